The molecule has 0 aliphatic carbocycles. The molecule has 16 heavy (non-hydrogen) atoms. The molecule has 0 bridgehead atoms. The van der Waals surface area contributed by atoms with Crippen molar-refractivity contribution in [1.29, 1.82) is 0 Å². The highest BCUT2D eigenvalue weighted by molar-refractivity contribution is 6.60. The maximum absolute atomic E-state index is 11.1. The zero-order chi connectivity index (χ0) is 12.2. The molecule has 0 atom stereocenters. The maximum Gasteiger partial charge on any atom is 1.10 e. The van der Waals surface area contributed by atoms with E-state index in [4.69, 9.17) is 14.4 Å². The van der Waals surface area contributed by atoms with Crippen LogP contribution in [-0.4, -0.2) is 50.5 Å². The molecule has 0 amide bonds. The van der Waals surface area contributed by atoms with Gasteiger partial charge in [-0.05, 0) is 12.8 Å². The molecule has 0 aromatic heterocycles. The molecule has 1 rings (SSSR count). The van der Waals surface area contributed by atoms with Crippen LogP contribution < -0.4 is 0 Å². The summed E-state index contributed by atoms with van der Waals surface area (Å²) in [5.74, 6) is -1.30. The van der Waals surface area contributed by atoms with Gasteiger partial charge in [0.1, 0.15) is 0 Å². The largest absolute Gasteiger partial charge is 1.10 e. The van der Waals surface area contributed by atoms with E-state index in [0.29, 0.717) is 12.8 Å². The lowest BCUT2D eigenvalue weighted by atomic mass is 10.2. The third kappa shape index (κ3) is 5.57. The Morgan fingerprint density at radius 2 is 1.50 bits per heavy atom. The van der Waals surface area contributed by atoms with E-state index in [1.54, 1.807) is 0 Å². The normalized spacial score (nSPS) is 19.3. The highest BCUT2D eigenvalue weighted by Crippen LogP contribution is 2.10. The van der Waals surface area contributed by atoms with Gasteiger partial charge in [0.2, 0.25) is 0 Å². The third-order valence-electron chi connectivity index (χ3n) is 1.72. The summed E-state index contributed by atoms with van der Waals surface area (Å²) in [5, 5.41) is 0. The fourth-order valence-electron chi connectivity index (χ4n) is 1.07. The first-order valence-electron chi connectivity index (χ1n) is 4.61. The van der Waals surface area contributed by atoms with Crippen molar-refractivity contribution >= 4 is 36.1 Å². The van der Waals surface area contributed by atoms with Crippen molar-refractivity contribution in [3.05, 3.63) is 0 Å². The summed E-state index contributed by atoms with van der Waals surface area (Å²) >= 11 is -3.36. The van der Waals surface area contributed by atoms with Crippen LogP contribution in [0.3, 0.4) is 0 Å². The zero-order valence-corrected chi connectivity index (χ0v) is 10.4. The number of carbonyl (C=O) groups is 2. The smallest absolute Gasteiger partial charge is 0.562 e. The van der Waals surface area contributed by atoms with Gasteiger partial charge in [-0.2, -0.15) is 0 Å². The molecule has 0 aromatic carbocycles. The quantitative estimate of drug-likeness (QED) is 0.493. The van der Waals surface area contributed by atoms with Crippen LogP contribution in [0.15, 0.2) is 0 Å². The minimum absolute atomic E-state index is 0.0976. The fraction of sp³-hybridized carbons (Fsp3) is 0.667. The first-order chi connectivity index (χ1) is 7.37. The Morgan fingerprint density at radius 1 is 1.06 bits per heavy atom. The van der Waals surface area contributed by atoms with Gasteiger partial charge in [0.25, 0.3) is 11.9 Å². The Morgan fingerprint density at radius 3 is 1.88 bits per heavy atom. The van der Waals surface area contributed by atoms with Crippen molar-refractivity contribution in [3.8, 4) is 0 Å². The average molecular weight is 266 g/mol. The SMILES string of the molecule is O=C1CCCCC(=O)[O][Al]([O][Si](O)(O)O)[O]1. The average Bonchev–Trinajstić information content (AvgIpc) is 2.14. The molecule has 90 valence electrons. The summed E-state index contributed by atoms with van der Waals surface area (Å²) in [6.07, 6.45) is 1.16. The van der Waals surface area contributed by atoms with Gasteiger partial charge in [-0.3, -0.25) is 9.59 Å². The van der Waals surface area contributed by atoms with Gasteiger partial charge >= 0.3 is 24.2 Å². The molecule has 1 fully saturated rings. The van der Waals surface area contributed by atoms with Gasteiger partial charge in [0.15, 0.2) is 0 Å². The lowest BCUT2D eigenvalue weighted by molar-refractivity contribution is -0.141. The van der Waals surface area contributed by atoms with Gasteiger partial charge in [0.05, 0.1) is 0 Å². The van der Waals surface area contributed by atoms with E-state index in [1.165, 1.54) is 0 Å². The van der Waals surface area contributed by atoms with Crippen LogP contribution in [-0.2, 0) is 20.6 Å². The molecule has 0 unspecified atom stereocenters. The summed E-state index contributed by atoms with van der Waals surface area (Å²) in [4.78, 5) is 48.2. The topological polar surface area (TPSA) is 123 Å². The van der Waals surface area contributed by atoms with Gasteiger partial charge < -0.3 is 25.4 Å². The monoisotopic (exact) mass is 266 g/mol. The van der Waals surface area contributed by atoms with Crippen molar-refractivity contribution in [2.24, 2.45) is 0 Å². The summed E-state index contributed by atoms with van der Waals surface area (Å²) in [6.45, 7) is 0. The Bertz CT molecular complexity index is 256. The highest BCUT2D eigenvalue weighted by Gasteiger charge is 2.52. The van der Waals surface area contributed by atoms with E-state index in [-0.39, 0.29) is 12.8 Å². The van der Waals surface area contributed by atoms with Crippen molar-refractivity contribution in [2.75, 3.05) is 0 Å². The number of hydrogen-bond donors (Lipinski definition) is 3. The highest BCUT2D eigenvalue weighted by atomic mass is 28.4. The molecule has 8 nitrogen and oxygen atoms in total. The number of carbonyl (C=O) groups excluding carboxylic acids is 2. The summed E-state index contributed by atoms with van der Waals surface area (Å²) < 4.78 is 13.5. The fourth-order valence-corrected chi connectivity index (χ4v) is 3.20. The summed E-state index contributed by atoms with van der Waals surface area (Å²) in [5.41, 5.74) is 0. The van der Waals surface area contributed by atoms with Gasteiger partial charge in [0, 0.05) is 12.8 Å². The summed E-state index contributed by atoms with van der Waals surface area (Å²) in [6, 6.07) is 0. The third-order valence-corrected chi connectivity index (χ3v) is 4.67. The molecule has 1 saturated heterocycles. The van der Waals surface area contributed by atoms with E-state index in [9.17, 15) is 9.59 Å². The predicted octanol–water partition coefficient (Wildman–Crippen LogP) is -1.94. The van der Waals surface area contributed by atoms with Crippen LogP contribution >= 0.6 is 0 Å². The molecular weight excluding hydrogens is 255 g/mol. The maximum atomic E-state index is 11.1. The van der Waals surface area contributed by atoms with Gasteiger partial charge in [-0.25, -0.2) is 0 Å². The van der Waals surface area contributed by atoms with Crippen LogP contribution in [0.25, 0.3) is 0 Å². The van der Waals surface area contributed by atoms with E-state index >= 15 is 0 Å². The van der Waals surface area contributed by atoms with Crippen LogP contribution in [0.5, 0.6) is 0 Å². The molecular formula is C6H11AlO8Si. The van der Waals surface area contributed by atoms with Crippen molar-refractivity contribution in [3.63, 3.8) is 0 Å². The van der Waals surface area contributed by atoms with Gasteiger partial charge in [-0.15, -0.1) is 0 Å². The molecule has 3 N–H and O–H groups in total. The Labute approximate surface area is 97.2 Å². The number of rotatable bonds is 2. The van der Waals surface area contributed by atoms with E-state index in [2.05, 4.69) is 11.1 Å². The zero-order valence-electron chi connectivity index (χ0n) is 8.29. The minimum atomic E-state index is -4.85. The number of hydrogen-bond acceptors (Lipinski definition) is 8. The van der Waals surface area contributed by atoms with E-state index in [0.717, 1.165) is 0 Å². The minimum Gasteiger partial charge on any atom is -0.562 e. The second-order valence-corrected chi connectivity index (χ2v) is 6.31. The van der Waals surface area contributed by atoms with Crippen molar-refractivity contribution in [1.82, 2.24) is 0 Å². The van der Waals surface area contributed by atoms with E-state index < -0.39 is 36.1 Å². The lowest BCUT2D eigenvalue weighted by Gasteiger charge is -2.15. The molecule has 1 aliphatic rings. The molecule has 10 heteroatoms. The molecule has 0 aromatic rings. The van der Waals surface area contributed by atoms with Crippen molar-refractivity contribution < 1.29 is 35.0 Å². The van der Waals surface area contributed by atoms with Gasteiger partial charge in [-0.1, -0.05) is 0 Å². The molecule has 0 spiro atoms. The second-order valence-electron chi connectivity index (χ2n) is 3.17. The lowest BCUT2D eigenvalue weighted by Crippen LogP contribution is -2.48. The molecule has 1 heterocycles. The Balaban J connectivity index is 2.62. The molecule has 1 aliphatic heterocycles. The van der Waals surface area contributed by atoms with E-state index in [1.807, 2.05) is 0 Å². The standard InChI is InChI=1S/C6H10O4.Al.H3O4Si/c7-5(8)3-1-2-4-6(9)10;;1-5(2,3)4/h1-4H2,(H,7,8)(H,9,10);;1-3H/q;+3;-1/p-2. The predicted molar refractivity (Wildman–Crippen MR) is 49.9 cm³/mol. The molecule has 0 radical (unpaired) electrons. The van der Waals surface area contributed by atoms with Crippen molar-refractivity contribution in [2.45, 2.75) is 25.7 Å². The van der Waals surface area contributed by atoms with Crippen LogP contribution in [0.2, 0.25) is 0 Å². The van der Waals surface area contributed by atoms with Crippen LogP contribution in [0.4, 0.5) is 0 Å². The van der Waals surface area contributed by atoms with Crippen LogP contribution in [0, 0.1) is 0 Å². The van der Waals surface area contributed by atoms with Crippen LogP contribution in [0.1, 0.15) is 25.7 Å². The Kier molecular flexibility index (Phi) is 4.87. The second kappa shape index (κ2) is 5.74. The first kappa shape index (κ1) is 13.6. The Hall–Kier alpha value is -0.471. The summed E-state index contributed by atoms with van der Waals surface area (Å²) in [7, 11) is -4.85. The molecule has 0 saturated carbocycles. The first-order valence-corrected chi connectivity index (χ1v) is 7.77.